The van der Waals surface area contributed by atoms with Gasteiger partial charge in [0.25, 0.3) is 5.91 Å². The van der Waals surface area contributed by atoms with E-state index in [9.17, 15) is 4.79 Å². The first-order chi connectivity index (χ1) is 14.2. The highest BCUT2D eigenvalue weighted by Gasteiger charge is 2.20. The molecule has 0 atom stereocenters. The average Bonchev–Trinajstić information content (AvgIpc) is 3.28. The van der Waals surface area contributed by atoms with Crippen LogP contribution in [0.4, 0.5) is 11.6 Å². The summed E-state index contributed by atoms with van der Waals surface area (Å²) in [6.07, 6.45) is 2.23. The Hall–Kier alpha value is -3.35. The van der Waals surface area contributed by atoms with Crippen LogP contribution in [0.3, 0.4) is 0 Å². The molecule has 3 aromatic rings. The summed E-state index contributed by atoms with van der Waals surface area (Å²) >= 11 is 0. The molecule has 1 fully saturated rings. The minimum absolute atomic E-state index is 0.109. The topological polar surface area (TPSA) is 76.6 Å². The van der Waals surface area contributed by atoms with Crippen LogP contribution in [-0.2, 0) is 4.79 Å². The van der Waals surface area contributed by atoms with Gasteiger partial charge >= 0.3 is 0 Å². The lowest BCUT2D eigenvalue weighted by Gasteiger charge is -2.20. The molecule has 7 nitrogen and oxygen atoms in total. The number of aromatic nitrogens is 2. The zero-order valence-corrected chi connectivity index (χ0v) is 16.4. The quantitative estimate of drug-likeness (QED) is 0.661. The van der Waals surface area contributed by atoms with Crippen molar-refractivity contribution < 1.29 is 14.3 Å². The summed E-state index contributed by atoms with van der Waals surface area (Å²) in [5, 5.41) is 2.88. The molecule has 1 saturated heterocycles. The second-order valence-corrected chi connectivity index (χ2v) is 6.82. The van der Waals surface area contributed by atoms with E-state index in [1.807, 2.05) is 43.3 Å². The summed E-state index contributed by atoms with van der Waals surface area (Å²) < 4.78 is 11.0. The standard InChI is InChI=1S/C22H24N4O3/c1-2-28-16-9-11-17(12-10-16)29-15-20(27)25-21-22(26-13-5-6-14-26)24-19-8-4-3-7-18(19)23-21/h3-4,7-12H,2,5-6,13-15H2,1H3,(H,23,25,27). The first-order valence-electron chi connectivity index (χ1n) is 9.90. The molecule has 1 amide bonds. The Morgan fingerprint density at radius 1 is 0.966 bits per heavy atom. The number of nitrogens with one attached hydrogen (secondary N) is 1. The number of para-hydroxylation sites is 2. The number of benzene rings is 2. The molecule has 0 saturated carbocycles. The molecular weight excluding hydrogens is 368 g/mol. The van der Waals surface area contributed by atoms with Gasteiger partial charge in [-0.1, -0.05) is 12.1 Å². The molecule has 29 heavy (non-hydrogen) atoms. The van der Waals surface area contributed by atoms with Crippen LogP contribution < -0.4 is 19.7 Å². The highest BCUT2D eigenvalue weighted by Crippen LogP contribution is 2.28. The van der Waals surface area contributed by atoms with Crippen LogP contribution in [0.1, 0.15) is 19.8 Å². The SMILES string of the molecule is CCOc1ccc(OCC(=O)Nc2nc3ccccc3nc2N2CCCC2)cc1. The molecular formula is C22H24N4O3. The fourth-order valence-corrected chi connectivity index (χ4v) is 3.34. The summed E-state index contributed by atoms with van der Waals surface area (Å²) in [6, 6.07) is 14.9. The van der Waals surface area contributed by atoms with Gasteiger partial charge in [0.2, 0.25) is 0 Å². The van der Waals surface area contributed by atoms with E-state index in [0.717, 1.165) is 48.5 Å². The third kappa shape index (κ3) is 4.56. The van der Waals surface area contributed by atoms with Crippen molar-refractivity contribution in [1.29, 1.82) is 0 Å². The second kappa shape index (κ2) is 8.77. The Labute approximate surface area is 169 Å². The first kappa shape index (κ1) is 19.0. The average molecular weight is 392 g/mol. The molecule has 0 aliphatic carbocycles. The van der Waals surface area contributed by atoms with Gasteiger partial charge in [-0.15, -0.1) is 0 Å². The van der Waals surface area contributed by atoms with Crippen molar-refractivity contribution in [3.8, 4) is 11.5 Å². The lowest BCUT2D eigenvalue weighted by molar-refractivity contribution is -0.118. The van der Waals surface area contributed by atoms with E-state index >= 15 is 0 Å². The van der Waals surface area contributed by atoms with Crippen LogP contribution in [0, 0.1) is 0 Å². The number of ether oxygens (including phenoxy) is 2. The first-order valence-corrected chi connectivity index (χ1v) is 9.90. The van der Waals surface area contributed by atoms with Crippen LogP contribution in [0.25, 0.3) is 11.0 Å². The Morgan fingerprint density at radius 3 is 2.24 bits per heavy atom. The largest absolute Gasteiger partial charge is 0.494 e. The van der Waals surface area contributed by atoms with Crippen LogP contribution >= 0.6 is 0 Å². The molecule has 2 aromatic carbocycles. The maximum atomic E-state index is 12.5. The van der Waals surface area contributed by atoms with Gasteiger partial charge in [0.05, 0.1) is 17.6 Å². The van der Waals surface area contributed by atoms with E-state index in [-0.39, 0.29) is 12.5 Å². The smallest absolute Gasteiger partial charge is 0.263 e. The minimum atomic E-state index is -0.274. The van der Waals surface area contributed by atoms with Crippen LogP contribution in [0.2, 0.25) is 0 Å². The third-order valence-corrected chi connectivity index (χ3v) is 4.72. The van der Waals surface area contributed by atoms with Gasteiger partial charge in [-0.3, -0.25) is 4.79 Å². The Kier molecular flexibility index (Phi) is 5.74. The molecule has 0 unspecified atom stereocenters. The molecule has 1 N–H and O–H groups in total. The van der Waals surface area contributed by atoms with Crippen molar-refractivity contribution in [2.75, 3.05) is 36.5 Å². The van der Waals surface area contributed by atoms with Gasteiger partial charge in [0, 0.05) is 13.1 Å². The number of amides is 1. The van der Waals surface area contributed by atoms with Gasteiger partial charge in [0.15, 0.2) is 18.2 Å². The number of nitrogens with zero attached hydrogens (tertiary/aromatic N) is 3. The van der Waals surface area contributed by atoms with Crippen molar-refractivity contribution in [1.82, 2.24) is 9.97 Å². The Morgan fingerprint density at radius 2 is 1.59 bits per heavy atom. The number of hydrogen-bond acceptors (Lipinski definition) is 6. The molecule has 0 radical (unpaired) electrons. The molecule has 0 spiro atoms. The fraction of sp³-hybridized carbons (Fsp3) is 0.318. The predicted octanol–water partition coefficient (Wildman–Crippen LogP) is 3.65. The van der Waals surface area contributed by atoms with E-state index in [1.165, 1.54) is 0 Å². The lowest BCUT2D eigenvalue weighted by Crippen LogP contribution is -2.25. The summed E-state index contributed by atoms with van der Waals surface area (Å²) in [4.78, 5) is 24.1. The Bertz CT molecular complexity index is 985. The fourth-order valence-electron chi connectivity index (χ4n) is 3.34. The van der Waals surface area contributed by atoms with Crippen molar-refractivity contribution in [3.05, 3.63) is 48.5 Å². The maximum Gasteiger partial charge on any atom is 0.263 e. The maximum absolute atomic E-state index is 12.5. The monoisotopic (exact) mass is 392 g/mol. The van der Waals surface area contributed by atoms with Gasteiger partial charge < -0.3 is 19.7 Å². The third-order valence-electron chi connectivity index (χ3n) is 4.72. The van der Waals surface area contributed by atoms with Gasteiger partial charge in [0.1, 0.15) is 11.5 Å². The number of anilines is 2. The number of carbonyl (C=O) groups excluding carboxylic acids is 1. The van der Waals surface area contributed by atoms with Gasteiger partial charge in [-0.05, 0) is 56.2 Å². The normalized spacial score (nSPS) is 13.5. The van der Waals surface area contributed by atoms with Gasteiger partial charge in [-0.2, -0.15) is 0 Å². The second-order valence-electron chi connectivity index (χ2n) is 6.82. The molecule has 4 rings (SSSR count). The van der Waals surface area contributed by atoms with Crippen molar-refractivity contribution in [2.24, 2.45) is 0 Å². The Balaban J connectivity index is 1.47. The van der Waals surface area contributed by atoms with Crippen LogP contribution in [0.5, 0.6) is 11.5 Å². The number of rotatable bonds is 7. The predicted molar refractivity (Wildman–Crippen MR) is 113 cm³/mol. The van der Waals surface area contributed by atoms with E-state index < -0.39 is 0 Å². The lowest BCUT2D eigenvalue weighted by atomic mass is 10.3. The van der Waals surface area contributed by atoms with E-state index in [2.05, 4.69) is 15.2 Å². The summed E-state index contributed by atoms with van der Waals surface area (Å²) in [5.41, 5.74) is 1.57. The summed E-state index contributed by atoms with van der Waals surface area (Å²) in [5.74, 6) is 2.30. The molecule has 7 heteroatoms. The van der Waals surface area contributed by atoms with E-state index in [1.54, 1.807) is 12.1 Å². The highest BCUT2D eigenvalue weighted by molar-refractivity contribution is 5.95. The minimum Gasteiger partial charge on any atom is -0.494 e. The molecule has 1 aliphatic rings. The number of fused-ring (bicyclic) bond motifs is 1. The zero-order valence-electron chi connectivity index (χ0n) is 16.4. The molecule has 0 bridgehead atoms. The zero-order chi connectivity index (χ0) is 20.1. The number of hydrogen-bond donors (Lipinski definition) is 1. The summed E-state index contributed by atoms with van der Waals surface area (Å²) in [6.45, 7) is 4.26. The van der Waals surface area contributed by atoms with E-state index in [4.69, 9.17) is 14.5 Å². The van der Waals surface area contributed by atoms with E-state index in [0.29, 0.717) is 18.2 Å². The van der Waals surface area contributed by atoms with Crippen LogP contribution in [-0.4, -0.2) is 42.2 Å². The van der Waals surface area contributed by atoms with Crippen molar-refractivity contribution in [2.45, 2.75) is 19.8 Å². The molecule has 2 heterocycles. The van der Waals surface area contributed by atoms with Crippen molar-refractivity contribution >= 4 is 28.6 Å². The highest BCUT2D eigenvalue weighted by atomic mass is 16.5. The molecule has 1 aromatic heterocycles. The molecule has 1 aliphatic heterocycles. The summed E-state index contributed by atoms with van der Waals surface area (Å²) in [7, 11) is 0. The van der Waals surface area contributed by atoms with Crippen molar-refractivity contribution in [3.63, 3.8) is 0 Å². The molecule has 150 valence electrons. The number of carbonyl (C=O) groups is 1. The van der Waals surface area contributed by atoms with Gasteiger partial charge in [-0.25, -0.2) is 9.97 Å². The van der Waals surface area contributed by atoms with Crippen LogP contribution in [0.15, 0.2) is 48.5 Å².